The van der Waals surface area contributed by atoms with E-state index in [0.29, 0.717) is 31.1 Å². The Morgan fingerprint density at radius 1 is 1.47 bits per heavy atom. The Kier molecular flexibility index (Phi) is 7.96. The Hall–Kier alpha value is -0.0100. The van der Waals surface area contributed by atoms with Crippen LogP contribution in [0.15, 0.2) is 0 Å². The minimum absolute atomic E-state index is 0.358. The molecule has 0 aromatic carbocycles. The predicted molar refractivity (Wildman–Crippen MR) is 69.7 cm³/mol. The third-order valence-electron chi connectivity index (χ3n) is 2.78. The summed E-state index contributed by atoms with van der Waals surface area (Å²) < 4.78 is 16.4. The van der Waals surface area contributed by atoms with Crippen molar-refractivity contribution in [3.63, 3.8) is 0 Å². The quantitative estimate of drug-likeness (QED) is 0.553. The summed E-state index contributed by atoms with van der Waals surface area (Å²) in [6, 6.07) is 0. The second-order valence-electron chi connectivity index (χ2n) is 4.20. The van der Waals surface area contributed by atoms with Gasteiger partial charge in [0.1, 0.15) is 0 Å². The third kappa shape index (κ3) is 7.10. The van der Waals surface area contributed by atoms with Crippen LogP contribution in [-0.2, 0) is 15.5 Å². The molecule has 0 spiro atoms. The number of aliphatic hydroxyl groups is 1. The summed E-state index contributed by atoms with van der Waals surface area (Å²) in [5, 5.41) is 12.9. The molecule has 0 amide bonds. The van der Waals surface area contributed by atoms with E-state index >= 15 is 0 Å². The molecule has 0 bridgehead atoms. The highest BCUT2D eigenvalue weighted by molar-refractivity contribution is 7.84. The van der Waals surface area contributed by atoms with Crippen LogP contribution in [0.2, 0.25) is 0 Å². The van der Waals surface area contributed by atoms with Gasteiger partial charge >= 0.3 is 0 Å². The summed E-state index contributed by atoms with van der Waals surface area (Å²) in [5.74, 6) is 1.37. The molecule has 1 aliphatic rings. The highest BCUT2D eigenvalue weighted by Crippen LogP contribution is 1.98. The van der Waals surface area contributed by atoms with Crippen molar-refractivity contribution in [3.8, 4) is 0 Å². The van der Waals surface area contributed by atoms with Gasteiger partial charge in [-0.05, 0) is 0 Å². The van der Waals surface area contributed by atoms with Crippen LogP contribution in [0.3, 0.4) is 0 Å². The van der Waals surface area contributed by atoms with E-state index in [-0.39, 0.29) is 6.10 Å². The molecular formula is C11H24N2O3S. The molecule has 0 aromatic rings. The smallest absolute Gasteiger partial charge is 0.0791 e. The Balaban J connectivity index is 2.00. The third-order valence-corrected chi connectivity index (χ3v) is 4.08. The Bertz CT molecular complexity index is 223. The minimum Gasteiger partial charge on any atom is -0.390 e. The molecule has 5 nitrogen and oxygen atoms in total. The van der Waals surface area contributed by atoms with Crippen LogP contribution in [0.4, 0.5) is 0 Å². The number of aliphatic hydroxyl groups excluding tert-OH is 1. The molecule has 0 radical (unpaired) electrons. The molecule has 1 saturated heterocycles. The van der Waals surface area contributed by atoms with E-state index in [1.807, 2.05) is 6.92 Å². The second-order valence-corrected chi connectivity index (χ2v) is 6.07. The van der Waals surface area contributed by atoms with Crippen LogP contribution in [-0.4, -0.2) is 77.8 Å². The predicted octanol–water partition coefficient (Wildman–Crippen LogP) is -0.962. The van der Waals surface area contributed by atoms with E-state index in [0.717, 1.165) is 26.3 Å². The van der Waals surface area contributed by atoms with Crippen LogP contribution < -0.4 is 5.32 Å². The first-order chi connectivity index (χ1) is 8.22. The van der Waals surface area contributed by atoms with Gasteiger partial charge in [-0.1, -0.05) is 6.92 Å². The van der Waals surface area contributed by atoms with Crippen molar-refractivity contribution in [2.24, 2.45) is 0 Å². The summed E-state index contributed by atoms with van der Waals surface area (Å²) in [5.41, 5.74) is 0. The molecule has 1 aliphatic heterocycles. The fraction of sp³-hybridized carbons (Fsp3) is 1.00. The molecule has 1 rings (SSSR count). The summed E-state index contributed by atoms with van der Waals surface area (Å²) in [7, 11) is -0.719. The zero-order valence-electron chi connectivity index (χ0n) is 10.6. The largest absolute Gasteiger partial charge is 0.390 e. The van der Waals surface area contributed by atoms with Crippen molar-refractivity contribution < 1.29 is 14.1 Å². The molecule has 2 N–H and O–H groups in total. The number of nitrogens with zero attached hydrogens (tertiary/aromatic N) is 1. The Morgan fingerprint density at radius 2 is 2.18 bits per heavy atom. The van der Waals surface area contributed by atoms with Gasteiger partial charge in [0.2, 0.25) is 0 Å². The first-order valence-corrected chi connectivity index (χ1v) is 7.75. The molecule has 6 heteroatoms. The molecule has 2 atom stereocenters. The van der Waals surface area contributed by atoms with Gasteiger partial charge in [0.25, 0.3) is 0 Å². The van der Waals surface area contributed by atoms with Gasteiger partial charge in [-0.25, -0.2) is 0 Å². The second kappa shape index (κ2) is 8.99. The first-order valence-electron chi connectivity index (χ1n) is 6.26. The number of ether oxygens (including phenoxy) is 1. The molecular weight excluding hydrogens is 240 g/mol. The van der Waals surface area contributed by atoms with Crippen molar-refractivity contribution in [2.45, 2.75) is 13.0 Å². The number of hydrogen-bond donors (Lipinski definition) is 2. The highest BCUT2D eigenvalue weighted by Gasteiger charge is 2.14. The number of rotatable bonds is 8. The van der Waals surface area contributed by atoms with E-state index in [1.54, 1.807) is 0 Å². The molecule has 2 unspecified atom stereocenters. The Labute approximate surface area is 106 Å². The molecule has 0 aromatic heterocycles. The van der Waals surface area contributed by atoms with E-state index in [4.69, 9.17) is 4.74 Å². The van der Waals surface area contributed by atoms with Gasteiger partial charge in [0.05, 0.1) is 19.3 Å². The topological polar surface area (TPSA) is 61.8 Å². The van der Waals surface area contributed by atoms with Crippen LogP contribution >= 0.6 is 0 Å². The maximum atomic E-state index is 11.2. The summed E-state index contributed by atoms with van der Waals surface area (Å²) in [6.45, 7) is 7.20. The average molecular weight is 264 g/mol. The first kappa shape index (κ1) is 15.0. The lowest BCUT2D eigenvalue weighted by Gasteiger charge is -2.28. The standard InChI is InChI=1S/C11H24N2O3S/c1-2-17(15)8-3-12-9-11(14)10-13-4-6-16-7-5-13/h11-12,14H,2-10H2,1H3. The maximum absolute atomic E-state index is 11.2. The van der Waals surface area contributed by atoms with Gasteiger partial charge in [-0.3, -0.25) is 9.11 Å². The number of morpholine rings is 1. The van der Waals surface area contributed by atoms with Gasteiger partial charge in [-0.15, -0.1) is 0 Å². The molecule has 1 fully saturated rings. The molecule has 0 aliphatic carbocycles. The maximum Gasteiger partial charge on any atom is 0.0791 e. The molecule has 1 heterocycles. The minimum atomic E-state index is -0.719. The Morgan fingerprint density at radius 3 is 2.82 bits per heavy atom. The lowest BCUT2D eigenvalue weighted by molar-refractivity contribution is 0.0150. The van der Waals surface area contributed by atoms with E-state index in [9.17, 15) is 9.32 Å². The summed E-state index contributed by atoms with van der Waals surface area (Å²) >= 11 is 0. The lowest BCUT2D eigenvalue weighted by atomic mass is 10.3. The van der Waals surface area contributed by atoms with E-state index < -0.39 is 10.8 Å². The summed E-state index contributed by atoms with van der Waals surface area (Å²) in [6.07, 6.45) is -0.358. The van der Waals surface area contributed by atoms with Crippen LogP contribution in [0.25, 0.3) is 0 Å². The molecule has 17 heavy (non-hydrogen) atoms. The van der Waals surface area contributed by atoms with Crippen LogP contribution in [0, 0.1) is 0 Å². The zero-order chi connectivity index (χ0) is 12.5. The molecule has 102 valence electrons. The summed E-state index contributed by atoms with van der Waals surface area (Å²) in [4.78, 5) is 2.21. The monoisotopic (exact) mass is 264 g/mol. The fourth-order valence-electron chi connectivity index (χ4n) is 1.75. The fourth-order valence-corrected chi connectivity index (χ4v) is 2.41. The van der Waals surface area contributed by atoms with Crippen molar-refractivity contribution >= 4 is 10.8 Å². The zero-order valence-corrected chi connectivity index (χ0v) is 11.4. The SMILES string of the molecule is CCS(=O)CCNCC(O)CN1CCOCC1. The molecule has 0 saturated carbocycles. The van der Waals surface area contributed by atoms with Gasteiger partial charge in [-0.2, -0.15) is 0 Å². The van der Waals surface area contributed by atoms with Gasteiger partial charge in [0.15, 0.2) is 0 Å². The van der Waals surface area contributed by atoms with Crippen molar-refractivity contribution in [1.82, 2.24) is 10.2 Å². The van der Waals surface area contributed by atoms with E-state index in [2.05, 4.69) is 10.2 Å². The highest BCUT2D eigenvalue weighted by atomic mass is 32.2. The van der Waals surface area contributed by atoms with Crippen LogP contribution in [0.1, 0.15) is 6.92 Å². The van der Waals surface area contributed by atoms with Crippen molar-refractivity contribution in [2.75, 3.05) is 57.4 Å². The van der Waals surface area contributed by atoms with Crippen molar-refractivity contribution in [3.05, 3.63) is 0 Å². The average Bonchev–Trinajstić information content (AvgIpc) is 2.35. The van der Waals surface area contributed by atoms with Gasteiger partial charge in [0, 0.05) is 55.0 Å². The van der Waals surface area contributed by atoms with E-state index in [1.165, 1.54) is 0 Å². The van der Waals surface area contributed by atoms with Crippen LogP contribution in [0.5, 0.6) is 0 Å². The van der Waals surface area contributed by atoms with Gasteiger partial charge < -0.3 is 15.2 Å². The van der Waals surface area contributed by atoms with Crippen molar-refractivity contribution in [1.29, 1.82) is 0 Å². The number of nitrogens with one attached hydrogen (secondary N) is 1. The number of hydrogen-bond acceptors (Lipinski definition) is 5. The number of β-amino-alcohol motifs (C(OH)–C–C–N with tert-alkyl or cyclic N) is 1. The lowest BCUT2D eigenvalue weighted by Crippen LogP contribution is -2.44. The normalized spacial score (nSPS) is 21.3.